The van der Waals surface area contributed by atoms with Crippen LogP contribution in [-0.2, 0) is 21.4 Å². The van der Waals surface area contributed by atoms with Gasteiger partial charge in [-0.2, -0.15) is 0 Å². The zero-order chi connectivity index (χ0) is 31.8. The molecule has 1 N–H and O–H groups in total. The number of amides is 2. The highest BCUT2D eigenvalue weighted by Gasteiger charge is 2.64. The summed E-state index contributed by atoms with van der Waals surface area (Å²) in [5, 5.41) is 1.08. The van der Waals surface area contributed by atoms with Crippen LogP contribution in [0.15, 0.2) is 36.4 Å². The fourth-order valence-electron chi connectivity index (χ4n) is 8.53. The lowest BCUT2D eigenvalue weighted by molar-refractivity contribution is -0.141. The predicted octanol–water partition coefficient (Wildman–Crippen LogP) is 5.09. The minimum Gasteiger partial charge on any atom is -0.497 e. The first-order valence-corrected chi connectivity index (χ1v) is 18.2. The van der Waals surface area contributed by atoms with Crippen LogP contribution < -0.4 is 9.46 Å². The molecule has 1 saturated heterocycles. The number of rotatable bonds is 5. The van der Waals surface area contributed by atoms with Crippen LogP contribution in [0.3, 0.4) is 0 Å². The van der Waals surface area contributed by atoms with Crippen molar-refractivity contribution in [3.63, 3.8) is 0 Å². The number of sulfonamides is 1. The van der Waals surface area contributed by atoms with Crippen LogP contribution in [0.1, 0.15) is 85.7 Å². The van der Waals surface area contributed by atoms with Gasteiger partial charge in [0.05, 0.1) is 24.5 Å². The average Bonchev–Trinajstić information content (AvgIpc) is 3.68. The summed E-state index contributed by atoms with van der Waals surface area (Å²) in [7, 11) is 0.0889. The first kappa shape index (κ1) is 30.3. The fraction of sp³-hybridized carbons (Fsp3) is 0.543. The zero-order valence-electron chi connectivity index (χ0n) is 26.9. The molecule has 4 aliphatic rings. The Morgan fingerprint density at radius 2 is 1.71 bits per heavy atom. The molecular weight excluding hydrogens is 588 g/mol. The molecule has 45 heavy (non-hydrogen) atoms. The molecule has 2 unspecified atom stereocenters. The molecule has 4 atom stereocenters. The van der Waals surface area contributed by atoms with E-state index in [-0.39, 0.29) is 29.5 Å². The lowest BCUT2D eigenvalue weighted by atomic mass is 9.81. The lowest BCUT2D eigenvalue weighted by Crippen LogP contribution is -2.58. The third kappa shape index (κ3) is 5.04. The molecule has 2 aromatic carbocycles. The predicted molar refractivity (Wildman–Crippen MR) is 175 cm³/mol. The Bertz CT molecular complexity index is 1800. The summed E-state index contributed by atoms with van der Waals surface area (Å²) < 4.78 is 34.0. The normalized spacial score (nSPS) is 26.9. The number of nitrogens with zero attached hydrogens (tertiary/aromatic N) is 3. The first-order chi connectivity index (χ1) is 21.4. The van der Waals surface area contributed by atoms with Crippen molar-refractivity contribution in [1.29, 1.82) is 0 Å². The topological polar surface area (TPSA) is 101 Å². The summed E-state index contributed by atoms with van der Waals surface area (Å²) in [6.45, 7) is 6.27. The van der Waals surface area contributed by atoms with E-state index in [0.717, 1.165) is 59.0 Å². The van der Waals surface area contributed by atoms with Gasteiger partial charge in [-0.1, -0.05) is 25.3 Å². The molecule has 7 rings (SSSR count). The smallest absolute Gasteiger partial charge is 0.264 e. The number of methoxy groups -OCH3 is 1. The number of carbonyl (C=O) groups is 2. The maximum atomic E-state index is 14.7. The largest absolute Gasteiger partial charge is 0.497 e. The molecule has 3 aromatic rings. The number of likely N-dealkylation sites (N-methyl/N-ethyl adjacent to an activating group) is 1. The number of piperazine rings is 1. The van der Waals surface area contributed by atoms with Gasteiger partial charge in [0.1, 0.15) is 5.75 Å². The minimum atomic E-state index is -3.73. The van der Waals surface area contributed by atoms with E-state index in [0.29, 0.717) is 25.6 Å². The average molecular weight is 633 g/mol. The van der Waals surface area contributed by atoms with E-state index < -0.39 is 21.3 Å². The first-order valence-electron chi connectivity index (χ1n) is 16.3. The molecular formula is C35H44N4O5S. The van der Waals surface area contributed by atoms with Gasteiger partial charge in [0.25, 0.3) is 5.91 Å². The Morgan fingerprint density at radius 3 is 2.38 bits per heavy atom. The zero-order valence-corrected chi connectivity index (χ0v) is 27.7. The summed E-state index contributed by atoms with van der Waals surface area (Å²) in [4.78, 5) is 32.3. The number of benzene rings is 2. The van der Waals surface area contributed by atoms with Gasteiger partial charge in [-0.25, -0.2) is 13.1 Å². The lowest BCUT2D eigenvalue weighted by Gasteiger charge is -2.43. The van der Waals surface area contributed by atoms with Crippen molar-refractivity contribution in [3.05, 3.63) is 53.1 Å². The van der Waals surface area contributed by atoms with Gasteiger partial charge in [0.2, 0.25) is 15.9 Å². The molecule has 0 spiro atoms. The van der Waals surface area contributed by atoms with Crippen LogP contribution >= 0.6 is 0 Å². The molecule has 0 radical (unpaired) electrons. The van der Waals surface area contributed by atoms with Crippen LogP contribution in [0.2, 0.25) is 0 Å². The van der Waals surface area contributed by atoms with Crippen molar-refractivity contribution < 1.29 is 22.7 Å². The quantitative estimate of drug-likeness (QED) is 0.421. The van der Waals surface area contributed by atoms with E-state index in [2.05, 4.69) is 52.1 Å². The second kappa shape index (κ2) is 10.9. The maximum absolute atomic E-state index is 14.7. The Hall–Kier alpha value is -3.37. The molecule has 3 heterocycles. The highest BCUT2D eigenvalue weighted by Crippen LogP contribution is 2.66. The van der Waals surface area contributed by atoms with E-state index in [1.165, 1.54) is 24.8 Å². The second-order valence-corrected chi connectivity index (χ2v) is 15.8. The Labute approximate surface area is 265 Å². The van der Waals surface area contributed by atoms with Gasteiger partial charge in [0, 0.05) is 59.7 Å². The van der Waals surface area contributed by atoms with E-state index in [9.17, 15) is 18.0 Å². The van der Waals surface area contributed by atoms with Crippen LogP contribution in [0.5, 0.6) is 5.75 Å². The minimum absolute atomic E-state index is 0.0613. The molecule has 9 nitrogen and oxygen atoms in total. The van der Waals surface area contributed by atoms with Crippen molar-refractivity contribution in [2.24, 2.45) is 5.41 Å². The number of nitrogens with one attached hydrogen (secondary N) is 1. The van der Waals surface area contributed by atoms with Gasteiger partial charge in [-0.3, -0.25) is 14.5 Å². The third-order valence-electron chi connectivity index (χ3n) is 11.1. The Kier molecular flexibility index (Phi) is 7.32. The summed E-state index contributed by atoms with van der Waals surface area (Å²) >= 11 is 0. The molecule has 10 heteroatoms. The number of hydrogen-bond donors (Lipinski definition) is 1. The SMILES string of the molecule is COc1ccc2c(c1)C1CC1(C(=O)N1C[C@@H](C)N(C)[C@@H](C)C1)Cn1c-2c(C2CCCCC2)c2ccc(C(=O)NS(C)(=O)=O)cc21. The third-order valence-corrected chi connectivity index (χ3v) is 11.7. The fourth-order valence-corrected chi connectivity index (χ4v) is 8.99. The number of ether oxygens (including phenoxy) is 1. The van der Waals surface area contributed by atoms with Crippen molar-refractivity contribution in [2.45, 2.75) is 82.8 Å². The van der Waals surface area contributed by atoms with Crippen molar-refractivity contribution in [3.8, 4) is 17.0 Å². The van der Waals surface area contributed by atoms with Gasteiger partial charge in [0.15, 0.2) is 0 Å². The molecule has 1 aromatic heterocycles. The molecule has 2 aliphatic carbocycles. The van der Waals surface area contributed by atoms with E-state index in [4.69, 9.17) is 4.74 Å². The number of hydrogen-bond acceptors (Lipinski definition) is 6. The van der Waals surface area contributed by atoms with Crippen LogP contribution in [0.25, 0.3) is 22.2 Å². The second-order valence-electron chi connectivity index (χ2n) is 14.1. The summed E-state index contributed by atoms with van der Waals surface area (Å²) in [6.07, 6.45) is 7.51. The number of aromatic nitrogens is 1. The van der Waals surface area contributed by atoms with Gasteiger partial charge >= 0.3 is 0 Å². The standard InChI is InChI=1S/C35H44N4O5S/c1-21-18-38(19-22(2)37(21)3)34(41)35-17-29(35)28-16-25(44-4)12-14-26(28)32-31(23-9-7-6-8-10-23)27-13-11-24(15-30(27)39(32)20-35)33(40)36-45(5,42)43/h11-16,21-23,29H,6-10,17-20H2,1-5H3,(H,36,40)/t21-,22+,29?,35?. The van der Waals surface area contributed by atoms with E-state index >= 15 is 0 Å². The van der Waals surface area contributed by atoms with Crippen LogP contribution in [0.4, 0.5) is 0 Å². The molecule has 2 aliphatic heterocycles. The Morgan fingerprint density at radius 1 is 1.00 bits per heavy atom. The molecule has 0 bridgehead atoms. The highest BCUT2D eigenvalue weighted by atomic mass is 32.2. The van der Waals surface area contributed by atoms with Crippen molar-refractivity contribution in [2.75, 3.05) is 33.5 Å². The van der Waals surface area contributed by atoms with Crippen molar-refractivity contribution in [1.82, 2.24) is 19.1 Å². The van der Waals surface area contributed by atoms with Crippen molar-refractivity contribution >= 4 is 32.7 Å². The number of fused-ring (bicyclic) bond motifs is 7. The van der Waals surface area contributed by atoms with Gasteiger partial charge < -0.3 is 14.2 Å². The summed E-state index contributed by atoms with van der Waals surface area (Å²) in [5.74, 6) is 0.763. The molecule has 3 fully saturated rings. The van der Waals surface area contributed by atoms with Crippen LogP contribution in [-0.4, -0.2) is 80.2 Å². The van der Waals surface area contributed by atoms with E-state index in [1.54, 1.807) is 13.2 Å². The van der Waals surface area contributed by atoms with Gasteiger partial charge in [-0.05, 0) is 87.5 Å². The van der Waals surface area contributed by atoms with E-state index in [1.807, 2.05) is 18.2 Å². The Balaban J connectivity index is 1.44. The maximum Gasteiger partial charge on any atom is 0.264 e. The summed E-state index contributed by atoms with van der Waals surface area (Å²) in [6, 6.07) is 12.4. The molecule has 2 saturated carbocycles. The monoisotopic (exact) mass is 632 g/mol. The molecule has 2 amide bonds. The molecule has 240 valence electrons. The van der Waals surface area contributed by atoms with Gasteiger partial charge in [-0.15, -0.1) is 0 Å². The number of carbonyl (C=O) groups excluding carboxylic acids is 2. The summed E-state index contributed by atoms with van der Waals surface area (Å²) in [5.41, 5.74) is 5.28. The highest BCUT2D eigenvalue weighted by molar-refractivity contribution is 7.89. The van der Waals surface area contributed by atoms with Crippen LogP contribution in [0, 0.1) is 5.41 Å².